The molecule has 1 unspecified atom stereocenters. The number of nitrogens with zero attached hydrogens (tertiary/aromatic N) is 2. The van der Waals surface area contributed by atoms with Crippen LogP contribution in [0.2, 0.25) is 0 Å². The molecule has 0 radical (unpaired) electrons. The number of benzene rings is 1. The minimum Gasteiger partial charge on any atom is -0.301 e. The van der Waals surface area contributed by atoms with Gasteiger partial charge in [0, 0.05) is 18.6 Å². The fraction of sp³-hybridized carbons (Fsp3) is 0.562. The van der Waals surface area contributed by atoms with E-state index in [4.69, 9.17) is 0 Å². The van der Waals surface area contributed by atoms with Gasteiger partial charge < -0.3 is 4.90 Å². The standard InChI is InChI=1S/C16H23N3/c1-13(2)19(3)12-16(11-17,18-15-9-10-15)14-7-5-4-6-8-14/h4-8,13,15,18H,9-10,12H2,1-3H3. The van der Waals surface area contributed by atoms with Crippen LogP contribution in [0.15, 0.2) is 30.3 Å². The quantitative estimate of drug-likeness (QED) is 0.851. The average molecular weight is 257 g/mol. The molecule has 1 fully saturated rings. The Kier molecular flexibility index (Phi) is 4.24. The molecule has 0 aliphatic heterocycles. The molecular weight excluding hydrogens is 234 g/mol. The van der Waals surface area contributed by atoms with Gasteiger partial charge in [0.05, 0.1) is 6.07 Å². The van der Waals surface area contributed by atoms with E-state index in [1.165, 1.54) is 12.8 Å². The minimum absolute atomic E-state index is 0.428. The zero-order valence-electron chi connectivity index (χ0n) is 12.1. The highest BCUT2D eigenvalue weighted by atomic mass is 15.2. The Balaban J connectivity index is 2.28. The number of hydrogen-bond acceptors (Lipinski definition) is 3. The van der Waals surface area contributed by atoms with Crippen LogP contribution in [-0.4, -0.2) is 30.6 Å². The van der Waals surface area contributed by atoms with Gasteiger partial charge in [0.2, 0.25) is 0 Å². The molecular formula is C16H23N3. The Labute approximate surface area is 116 Å². The molecule has 3 nitrogen and oxygen atoms in total. The Morgan fingerprint density at radius 1 is 1.37 bits per heavy atom. The van der Waals surface area contributed by atoms with Crippen molar-refractivity contribution >= 4 is 0 Å². The zero-order valence-corrected chi connectivity index (χ0v) is 12.1. The van der Waals surface area contributed by atoms with Gasteiger partial charge in [0.15, 0.2) is 0 Å². The van der Waals surface area contributed by atoms with Gasteiger partial charge in [-0.2, -0.15) is 5.26 Å². The molecule has 0 amide bonds. The summed E-state index contributed by atoms with van der Waals surface area (Å²) in [5.74, 6) is 0. The second-order valence-electron chi connectivity index (χ2n) is 5.81. The molecule has 0 heterocycles. The lowest BCUT2D eigenvalue weighted by Crippen LogP contribution is -2.51. The molecule has 1 atom stereocenters. The minimum atomic E-state index is -0.596. The maximum Gasteiger partial charge on any atom is 0.145 e. The lowest BCUT2D eigenvalue weighted by atomic mass is 9.90. The van der Waals surface area contributed by atoms with E-state index in [2.05, 4.69) is 37.2 Å². The van der Waals surface area contributed by atoms with Crippen LogP contribution in [-0.2, 0) is 5.54 Å². The van der Waals surface area contributed by atoms with Crippen molar-refractivity contribution in [2.45, 2.75) is 44.3 Å². The molecule has 0 aromatic heterocycles. The first-order valence-corrected chi connectivity index (χ1v) is 7.02. The Hall–Kier alpha value is -1.37. The molecule has 102 valence electrons. The van der Waals surface area contributed by atoms with E-state index in [1.807, 2.05) is 30.3 Å². The summed E-state index contributed by atoms with van der Waals surface area (Å²) in [5.41, 5.74) is 0.471. The first kappa shape index (κ1) is 14.0. The van der Waals surface area contributed by atoms with Crippen molar-refractivity contribution in [1.82, 2.24) is 10.2 Å². The highest BCUT2D eigenvalue weighted by molar-refractivity contribution is 5.32. The van der Waals surface area contributed by atoms with Crippen LogP contribution in [0.25, 0.3) is 0 Å². The van der Waals surface area contributed by atoms with Gasteiger partial charge >= 0.3 is 0 Å². The summed E-state index contributed by atoms with van der Waals surface area (Å²) in [6.07, 6.45) is 2.36. The topological polar surface area (TPSA) is 39.1 Å². The van der Waals surface area contributed by atoms with Crippen LogP contribution < -0.4 is 5.32 Å². The zero-order chi connectivity index (χ0) is 13.9. The van der Waals surface area contributed by atoms with Crippen LogP contribution in [0.3, 0.4) is 0 Å². The van der Waals surface area contributed by atoms with Gasteiger partial charge in [0.1, 0.15) is 5.54 Å². The fourth-order valence-corrected chi connectivity index (χ4v) is 2.21. The second-order valence-corrected chi connectivity index (χ2v) is 5.81. The van der Waals surface area contributed by atoms with Crippen molar-refractivity contribution in [3.63, 3.8) is 0 Å². The van der Waals surface area contributed by atoms with Crippen LogP contribution >= 0.6 is 0 Å². The predicted octanol–water partition coefficient (Wildman–Crippen LogP) is 2.50. The Morgan fingerprint density at radius 3 is 2.47 bits per heavy atom. The molecule has 1 saturated carbocycles. The fourth-order valence-electron chi connectivity index (χ4n) is 2.21. The average Bonchev–Trinajstić information content (AvgIpc) is 3.22. The Bertz CT molecular complexity index is 445. The van der Waals surface area contributed by atoms with Crippen LogP contribution in [0.5, 0.6) is 0 Å². The number of hydrogen-bond donors (Lipinski definition) is 1. The number of nitrogens with one attached hydrogen (secondary N) is 1. The van der Waals surface area contributed by atoms with Crippen molar-refractivity contribution in [2.24, 2.45) is 0 Å². The van der Waals surface area contributed by atoms with E-state index in [-0.39, 0.29) is 0 Å². The van der Waals surface area contributed by atoms with Gasteiger partial charge in [-0.25, -0.2) is 0 Å². The first-order chi connectivity index (χ1) is 9.07. The smallest absolute Gasteiger partial charge is 0.145 e. The van der Waals surface area contributed by atoms with E-state index in [0.29, 0.717) is 18.6 Å². The molecule has 1 aliphatic rings. The van der Waals surface area contributed by atoms with Gasteiger partial charge in [-0.1, -0.05) is 30.3 Å². The summed E-state index contributed by atoms with van der Waals surface area (Å²) >= 11 is 0. The first-order valence-electron chi connectivity index (χ1n) is 7.02. The van der Waals surface area contributed by atoms with E-state index >= 15 is 0 Å². The monoisotopic (exact) mass is 257 g/mol. The molecule has 3 heteroatoms. The second kappa shape index (κ2) is 5.73. The van der Waals surface area contributed by atoms with Crippen molar-refractivity contribution in [3.05, 3.63) is 35.9 Å². The maximum absolute atomic E-state index is 9.80. The van der Waals surface area contributed by atoms with Gasteiger partial charge in [-0.3, -0.25) is 5.32 Å². The van der Waals surface area contributed by atoms with E-state index in [0.717, 1.165) is 5.56 Å². The molecule has 0 saturated heterocycles. The van der Waals surface area contributed by atoms with Crippen LogP contribution in [0, 0.1) is 11.3 Å². The van der Waals surface area contributed by atoms with Crippen molar-refractivity contribution in [2.75, 3.05) is 13.6 Å². The van der Waals surface area contributed by atoms with Gasteiger partial charge in [-0.05, 0) is 39.3 Å². The number of rotatable bonds is 6. The SMILES string of the molecule is CC(C)N(C)CC(C#N)(NC1CC1)c1ccccc1. The lowest BCUT2D eigenvalue weighted by Gasteiger charge is -2.34. The van der Waals surface area contributed by atoms with Gasteiger partial charge in [0.25, 0.3) is 0 Å². The van der Waals surface area contributed by atoms with E-state index in [9.17, 15) is 5.26 Å². The number of likely N-dealkylation sites (N-methyl/N-ethyl adjacent to an activating group) is 1. The summed E-state index contributed by atoms with van der Waals surface area (Å²) < 4.78 is 0. The molecule has 0 bridgehead atoms. The van der Waals surface area contributed by atoms with Crippen molar-refractivity contribution < 1.29 is 0 Å². The normalized spacial score (nSPS) is 18.3. The molecule has 1 aliphatic carbocycles. The van der Waals surface area contributed by atoms with E-state index in [1.54, 1.807) is 0 Å². The van der Waals surface area contributed by atoms with E-state index < -0.39 is 5.54 Å². The van der Waals surface area contributed by atoms with Crippen molar-refractivity contribution in [3.8, 4) is 6.07 Å². The summed E-state index contributed by atoms with van der Waals surface area (Å²) in [7, 11) is 2.08. The number of nitriles is 1. The highest BCUT2D eigenvalue weighted by Gasteiger charge is 2.39. The third-order valence-corrected chi connectivity index (χ3v) is 3.85. The summed E-state index contributed by atoms with van der Waals surface area (Å²) in [4.78, 5) is 2.23. The molecule has 19 heavy (non-hydrogen) atoms. The highest BCUT2D eigenvalue weighted by Crippen LogP contribution is 2.29. The van der Waals surface area contributed by atoms with Crippen LogP contribution in [0.1, 0.15) is 32.3 Å². The molecule has 1 N–H and O–H groups in total. The lowest BCUT2D eigenvalue weighted by molar-refractivity contribution is 0.209. The summed E-state index contributed by atoms with van der Waals surface area (Å²) in [6, 6.07) is 13.6. The molecule has 0 spiro atoms. The molecule has 2 rings (SSSR count). The molecule has 1 aromatic carbocycles. The summed E-state index contributed by atoms with van der Waals surface area (Å²) in [6.45, 7) is 5.02. The largest absolute Gasteiger partial charge is 0.301 e. The maximum atomic E-state index is 9.80. The molecule has 1 aromatic rings. The van der Waals surface area contributed by atoms with Gasteiger partial charge in [-0.15, -0.1) is 0 Å². The third kappa shape index (κ3) is 3.34. The summed E-state index contributed by atoms with van der Waals surface area (Å²) in [5, 5.41) is 13.4. The Morgan fingerprint density at radius 2 is 2.00 bits per heavy atom. The van der Waals surface area contributed by atoms with Crippen molar-refractivity contribution in [1.29, 1.82) is 5.26 Å². The predicted molar refractivity (Wildman–Crippen MR) is 77.7 cm³/mol. The third-order valence-electron chi connectivity index (χ3n) is 3.85. The van der Waals surface area contributed by atoms with Crippen LogP contribution in [0.4, 0.5) is 0 Å².